The third-order valence-corrected chi connectivity index (χ3v) is 4.40. The summed E-state index contributed by atoms with van der Waals surface area (Å²) in [6.45, 7) is 4.02. The molecular weight excluding hydrogens is 243 g/mol. The van der Waals surface area contributed by atoms with Crippen LogP contribution in [0, 0.1) is 5.82 Å². The van der Waals surface area contributed by atoms with Crippen molar-refractivity contribution in [1.29, 1.82) is 0 Å². The number of rotatable bonds is 2. The number of fused-ring (bicyclic) bond motifs is 1. The van der Waals surface area contributed by atoms with Crippen molar-refractivity contribution in [2.45, 2.75) is 31.9 Å². The van der Waals surface area contributed by atoms with Crippen molar-refractivity contribution in [3.8, 4) is 0 Å². The zero-order chi connectivity index (χ0) is 13.2. The lowest BCUT2D eigenvalue weighted by molar-refractivity contribution is 0.271. The summed E-state index contributed by atoms with van der Waals surface area (Å²) in [5.41, 5.74) is 1.31. The summed E-state index contributed by atoms with van der Waals surface area (Å²) in [6.07, 6.45) is 3.62. The number of halogens is 1. The zero-order valence-corrected chi connectivity index (χ0v) is 11.2. The third kappa shape index (κ3) is 2.47. The van der Waals surface area contributed by atoms with Crippen molar-refractivity contribution < 1.29 is 9.50 Å². The highest BCUT2D eigenvalue weighted by atomic mass is 19.1. The molecule has 2 heterocycles. The molecule has 0 aliphatic carbocycles. The first-order valence-electron chi connectivity index (χ1n) is 7.17. The third-order valence-electron chi connectivity index (χ3n) is 4.40. The monoisotopic (exact) mass is 264 g/mol. The molecule has 2 fully saturated rings. The molecule has 1 atom stereocenters. The lowest BCUT2D eigenvalue weighted by Crippen LogP contribution is -2.37. The van der Waals surface area contributed by atoms with Crippen LogP contribution in [0.1, 0.15) is 24.8 Å². The number of hydrogen-bond acceptors (Lipinski definition) is 3. The molecule has 0 aromatic heterocycles. The zero-order valence-electron chi connectivity index (χ0n) is 11.2. The summed E-state index contributed by atoms with van der Waals surface area (Å²) < 4.78 is 13.8. The van der Waals surface area contributed by atoms with Crippen molar-refractivity contribution in [2.75, 3.05) is 31.1 Å². The van der Waals surface area contributed by atoms with Crippen LogP contribution in [0.2, 0.25) is 0 Å². The topological polar surface area (TPSA) is 26.7 Å². The Labute approximate surface area is 113 Å². The molecule has 1 N–H and O–H groups in total. The summed E-state index contributed by atoms with van der Waals surface area (Å²) in [4.78, 5) is 4.81. The Morgan fingerprint density at radius 2 is 2.05 bits per heavy atom. The number of aliphatic hydroxyl groups excluding tert-OH is 1. The number of aliphatic hydroxyl groups is 1. The second-order valence-corrected chi connectivity index (χ2v) is 5.53. The van der Waals surface area contributed by atoms with Crippen LogP contribution >= 0.6 is 0 Å². The summed E-state index contributed by atoms with van der Waals surface area (Å²) >= 11 is 0. The Hall–Kier alpha value is -1.13. The minimum absolute atomic E-state index is 0.229. The van der Waals surface area contributed by atoms with Gasteiger partial charge in [-0.25, -0.2) is 4.39 Å². The first-order chi connectivity index (χ1) is 9.29. The lowest BCUT2D eigenvalue weighted by Gasteiger charge is -2.28. The Morgan fingerprint density at radius 3 is 2.89 bits per heavy atom. The number of anilines is 1. The van der Waals surface area contributed by atoms with E-state index >= 15 is 0 Å². The standard InChI is InChI=1S/C15H21FN2O/c16-14-5-1-6-15(13(14)11-19)18-9-3-8-17-7-2-4-12(17)10-18/h1,5-6,12,19H,2-4,7-11H2. The van der Waals surface area contributed by atoms with Gasteiger partial charge in [0.15, 0.2) is 0 Å². The van der Waals surface area contributed by atoms with Crippen LogP contribution in [0.5, 0.6) is 0 Å². The van der Waals surface area contributed by atoms with Gasteiger partial charge < -0.3 is 10.0 Å². The van der Waals surface area contributed by atoms with E-state index in [0.29, 0.717) is 11.6 Å². The van der Waals surface area contributed by atoms with Crippen LogP contribution in [-0.4, -0.2) is 42.2 Å². The molecule has 1 unspecified atom stereocenters. The number of hydrogen-bond donors (Lipinski definition) is 1. The van der Waals surface area contributed by atoms with Gasteiger partial charge in [-0.2, -0.15) is 0 Å². The highest BCUT2D eigenvalue weighted by molar-refractivity contribution is 5.54. The van der Waals surface area contributed by atoms with E-state index in [9.17, 15) is 9.50 Å². The van der Waals surface area contributed by atoms with Gasteiger partial charge >= 0.3 is 0 Å². The maximum absolute atomic E-state index is 13.8. The molecule has 0 saturated carbocycles. The first-order valence-corrected chi connectivity index (χ1v) is 7.17. The fourth-order valence-corrected chi connectivity index (χ4v) is 3.43. The van der Waals surface area contributed by atoms with Crippen molar-refractivity contribution in [3.05, 3.63) is 29.6 Å². The molecule has 0 bridgehead atoms. The van der Waals surface area contributed by atoms with Gasteiger partial charge in [0.2, 0.25) is 0 Å². The van der Waals surface area contributed by atoms with E-state index in [2.05, 4.69) is 9.80 Å². The highest BCUT2D eigenvalue weighted by Crippen LogP contribution is 2.28. The smallest absolute Gasteiger partial charge is 0.130 e. The normalized spacial score (nSPS) is 24.3. The largest absolute Gasteiger partial charge is 0.391 e. The Bertz CT molecular complexity index is 452. The van der Waals surface area contributed by atoms with Crippen LogP contribution in [0.4, 0.5) is 10.1 Å². The average molecular weight is 264 g/mol. The van der Waals surface area contributed by atoms with Crippen molar-refractivity contribution in [1.82, 2.24) is 4.90 Å². The van der Waals surface area contributed by atoms with Crippen molar-refractivity contribution >= 4 is 5.69 Å². The molecule has 0 radical (unpaired) electrons. The van der Waals surface area contributed by atoms with Gasteiger partial charge in [-0.3, -0.25) is 4.90 Å². The number of nitrogens with zero attached hydrogens (tertiary/aromatic N) is 2. The molecule has 0 amide bonds. The minimum Gasteiger partial charge on any atom is -0.391 e. The first kappa shape index (κ1) is 12.9. The van der Waals surface area contributed by atoms with E-state index < -0.39 is 0 Å². The highest BCUT2D eigenvalue weighted by Gasteiger charge is 2.29. The molecular formula is C15H21FN2O. The van der Waals surface area contributed by atoms with Gasteiger partial charge in [0.05, 0.1) is 6.61 Å². The molecule has 2 aliphatic rings. The van der Waals surface area contributed by atoms with Gasteiger partial charge in [-0.05, 0) is 37.9 Å². The maximum Gasteiger partial charge on any atom is 0.130 e. The van der Waals surface area contributed by atoms with Crippen molar-refractivity contribution in [3.63, 3.8) is 0 Å². The van der Waals surface area contributed by atoms with Gasteiger partial charge in [-0.1, -0.05) is 6.07 Å². The van der Waals surface area contributed by atoms with E-state index in [1.165, 1.54) is 25.5 Å². The van der Waals surface area contributed by atoms with Crippen LogP contribution in [-0.2, 0) is 6.61 Å². The second-order valence-electron chi connectivity index (χ2n) is 5.53. The maximum atomic E-state index is 13.8. The minimum atomic E-state index is -0.299. The molecule has 4 heteroatoms. The van der Waals surface area contributed by atoms with E-state index in [1.807, 2.05) is 6.07 Å². The Morgan fingerprint density at radius 1 is 1.21 bits per heavy atom. The van der Waals surface area contributed by atoms with Crippen LogP contribution < -0.4 is 4.90 Å². The SMILES string of the molecule is OCc1c(F)cccc1N1CCCN2CCCC2C1. The van der Waals surface area contributed by atoms with E-state index in [4.69, 9.17) is 0 Å². The predicted molar refractivity (Wildman–Crippen MR) is 73.7 cm³/mol. The van der Waals surface area contributed by atoms with Crippen molar-refractivity contribution in [2.24, 2.45) is 0 Å². The molecule has 3 rings (SSSR count). The Kier molecular flexibility index (Phi) is 3.71. The molecule has 19 heavy (non-hydrogen) atoms. The van der Waals surface area contributed by atoms with Gasteiger partial charge in [0, 0.05) is 36.9 Å². The van der Waals surface area contributed by atoms with E-state index in [-0.39, 0.29) is 12.4 Å². The quantitative estimate of drug-likeness (QED) is 0.885. The Balaban J connectivity index is 1.87. The second kappa shape index (κ2) is 5.47. The molecule has 1 aromatic rings. The number of benzene rings is 1. The molecule has 104 valence electrons. The average Bonchev–Trinajstić information content (AvgIpc) is 2.76. The fourth-order valence-electron chi connectivity index (χ4n) is 3.43. The molecule has 2 saturated heterocycles. The van der Waals surface area contributed by atoms with E-state index in [0.717, 1.165) is 31.7 Å². The molecule has 1 aromatic carbocycles. The van der Waals surface area contributed by atoms with Crippen LogP contribution in [0.15, 0.2) is 18.2 Å². The van der Waals surface area contributed by atoms with Crippen LogP contribution in [0.3, 0.4) is 0 Å². The predicted octanol–water partition coefficient (Wildman–Crippen LogP) is 1.99. The summed E-state index contributed by atoms with van der Waals surface area (Å²) in [5.74, 6) is -0.299. The lowest BCUT2D eigenvalue weighted by atomic mass is 10.1. The summed E-state index contributed by atoms with van der Waals surface area (Å²) in [6, 6.07) is 5.69. The molecule has 3 nitrogen and oxygen atoms in total. The van der Waals surface area contributed by atoms with Gasteiger partial charge in [0.1, 0.15) is 5.82 Å². The summed E-state index contributed by atoms with van der Waals surface area (Å²) in [7, 11) is 0. The van der Waals surface area contributed by atoms with Gasteiger partial charge in [0.25, 0.3) is 0 Å². The van der Waals surface area contributed by atoms with Gasteiger partial charge in [-0.15, -0.1) is 0 Å². The molecule has 0 spiro atoms. The molecule has 2 aliphatic heterocycles. The fraction of sp³-hybridized carbons (Fsp3) is 0.600. The summed E-state index contributed by atoms with van der Waals surface area (Å²) in [5, 5.41) is 9.41. The van der Waals surface area contributed by atoms with Crippen LogP contribution in [0.25, 0.3) is 0 Å². The van der Waals surface area contributed by atoms with E-state index in [1.54, 1.807) is 6.07 Å².